The first-order chi connectivity index (χ1) is 14.9. The van der Waals surface area contributed by atoms with Crippen LogP contribution < -0.4 is 20.3 Å². The molecule has 1 atom stereocenters. The fourth-order valence-electron chi connectivity index (χ4n) is 2.62. The second-order valence-corrected chi connectivity index (χ2v) is 7.84. The standard InChI is InChI=1S/C23H20BrClN2O4/c1-15(31-19-10-7-17(8-11-19)16-5-3-2-4-6-16)23(29)27-26-22(28)14-30-21-12-9-18(25)13-20(21)24/h2-13,15H,14H2,1H3,(H,26,28)(H,27,29). The maximum Gasteiger partial charge on any atom is 0.279 e. The number of nitrogens with one attached hydrogen (secondary N) is 2. The van der Waals surface area contributed by atoms with Crippen molar-refractivity contribution in [1.82, 2.24) is 10.9 Å². The lowest BCUT2D eigenvalue weighted by Gasteiger charge is -2.15. The zero-order valence-electron chi connectivity index (χ0n) is 16.6. The quantitative estimate of drug-likeness (QED) is 0.456. The fraction of sp³-hybridized carbons (Fsp3) is 0.130. The molecule has 0 radical (unpaired) electrons. The number of benzene rings is 3. The molecule has 2 N–H and O–H groups in total. The molecule has 0 spiro atoms. The summed E-state index contributed by atoms with van der Waals surface area (Å²) >= 11 is 9.16. The van der Waals surface area contributed by atoms with Crippen molar-refractivity contribution in [3.8, 4) is 22.6 Å². The van der Waals surface area contributed by atoms with Crippen molar-refractivity contribution in [3.63, 3.8) is 0 Å². The van der Waals surface area contributed by atoms with E-state index in [-0.39, 0.29) is 6.61 Å². The maximum atomic E-state index is 12.2. The molecule has 0 saturated heterocycles. The average molecular weight is 504 g/mol. The molecule has 0 aliphatic carbocycles. The Morgan fingerprint density at radius 1 is 0.968 bits per heavy atom. The number of halogens is 2. The molecular formula is C23H20BrClN2O4. The molecule has 3 aromatic rings. The second-order valence-electron chi connectivity index (χ2n) is 6.55. The van der Waals surface area contributed by atoms with Crippen molar-refractivity contribution >= 4 is 39.3 Å². The molecule has 31 heavy (non-hydrogen) atoms. The molecule has 3 aromatic carbocycles. The summed E-state index contributed by atoms with van der Waals surface area (Å²) in [5.74, 6) is -0.00567. The zero-order valence-corrected chi connectivity index (χ0v) is 18.9. The average Bonchev–Trinajstić information content (AvgIpc) is 2.78. The second kappa shape index (κ2) is 10.8. The Kier molecular flexibility index (Phi) is 7.92. The Labute approximate surface area is 193 Å². The number of hydrogen-bond donors (Lipinski definition) is 2. The Hall–Kier alpha value is -3.03. The number of carbonyl (C=O) groups is 2. The smallest absolute Gasteiger partial charge is 0.279 e. The summed E-state index contributed by atoms with van der Waals surface area (Å²) in [6.07, 6.45) is -0.811. The number of hydrazine groups is 1. The minimum absolute atomic E-state index is 0.281. The Bertz CT molecular complexity index is 1050. The van der Waals surface area contributed by atoms with Gasteiger partial charge >= 0.3 is 0 Å². The van der Waals surface area contributed by atoms with Crippen LogP contribution in [0.2, 0.25) is 5.02 Å². The lowest BCUT2D eigenvalue weighted by atomic mass is 10.1. The van der Waals surface area contributed by atoms with E-state index in [0.29, 0.717) is 21.0 Å². The molecule has 160 valence electrons. The third-order valence-corrected chi connectivity index (χ3v) is 5.08. The monoisotopic (exact) mass is 502 g/mol. The highest BCUT2D eigenvalue weighted by Crippen LogP contribution is 2.27. The fourth-order valence-corrected chi connectivity index (χ4v) is 3.42. The van der Waals surface area contributed by atoms with Crippen LogP contribution in [0.25, 0.3) is 11.1 Å². The predicted molar refractivity (Wildman–Crippen MR) is 123 cm³/mol. The van der Waals surface area contributed by atoms with Crippen LogP contribution >= 0.6 is 27.5 Å². The van der Waals surface area contributed by atoms with E-state index in [2.05, 4.69) is 26.8 Å². The molecule has 0 fully saturated rings. The van der Waals surface area contributed by atoms with E-state index < -0.39 is 17.9 Å². The number of amides is 2. The summed E-state index contributed by atoms with van der Waals surface area (Å²) in [5.41, 5.74) is 6.76. The van der Waals surface area contributed by atoms with Gasteiger partial charge in [-0.3, -0.25) is 20.4 Å². The topological polar surface area (TPSA) is 76.7 Å². The summed E-state index contributed by atoms with van der Waals surface area (Å²) in [5, 5.41) is 0.541. The van der Waals surface area contributed by atoms with Gasteiger partial charge in [-0.25, -0.2) is 0 Å². The predicted octanol–water partition coefficient (Wildman–Crippen LogP) is 4.76. The number of ether oxygens (including phenoxy) is 2. The van der Waals surface area contributed by atoms with Gasteiger partial charge in [-0.1, -0.05) is 54.1 Å². The minimum Gasteiger partial charge on any atom is -0.483 e. The van der Waals surface area contributed by atoms with Gasteiger partial charge in [-0.15, -0.1) is 0 Å². The van der Waals surface area contributed by atoms with E-state index in [1.54, 1.807) is 37.3 Å². The minimum atomic E-state index is -0.811. The van der Waals surface area contributed by atoms with E-state index in [9.17, 15) is 9.59 Å². The van der Waals surface area contributed by atoms with Crippen LogP contribution in [0.15, 0.2) is 77.3 Å². The van der Waals surface area contributed by atoms with Crippen molar-refractivity contribution in [3.05, 3.63) is 82.3 Å². The summed E-state index contributed by atoms with van der Waals surface area (Å²) < 4.78 is 11.7. The first-order valence-corrected chi connectivity index (χ1v) is 10.6. The van der Waals surface area contributed by atoms with Gasteiger partial charge in [0.25, 0.3) is 11.8 Å². The lowest BCUT2D eigenvalue weighted by molar-refractivity contribution is -0.133. The van der Waals surface area contributed by atoms with Crippen LogP contribution in [-0.2, 0) is 9.59 Å². The molecule has 2 amide bonds. The highest BCUT2D eigenvalue weighted by molar-refractivity contribution is 9.10. The van der Waals surface area contributed by atoms with Gasteiger partial charge in [0.05, 0.1) is 4.47 Å². The zero-order chi connectivity index (χ0) is 22.2. The molecule has 0 aromatic heterocycles. The number of carbonyl (C=O) groups excluding carboxylic acids is 2. The molecule has 3 rings (SSSR count). The third-order valence-electron chi connectivity index (χ3n) is 4.22. The summed E-state index contributed by atoms with van der Waals surface area (Å²) in [6.45, 7) is 1.31. The first kappa shape index (κ1) is 22.7. The van der Waals surface area contributed by atoms with Crippen molar-refractivity contribution in [1.29, 1.82) is 0 Å². The number of hydrogen-bond acceptors (Lipinski definition) is 4. The van der Waals surface area contributed by atoms with Crippen LogP contribution in [0.1, 0.15) is 6.92 Å². The number of rotatable bonds is 7. The molecule has 8 heteroatoms. The largest absolute Gasteiger partial charge is 0.483 e. The van der Waals surface area contributed by atoms with Gasteiger partial charge in [0, 0.05) is 5.02 Å². The summed E-state index contributed by atoms with van der Waals surface area (Å²) in [6, 6.07) is 22.3. The van der Waals surface area contributed by atoms with Gasteiger partial charge in [0.1, 0.15) is 11.5 Å². The Balaban J connectivity index is 1.44. The molecular weight excluding hydrogens is 484 g/mol. The molecule has 0 aliphatic heterocycles. The molecule has 0 heterocycles. The van der Waals surface area contributed by atoms with E-state index in [0.717, 1.165) is 11.1 Å². The van der Waals surface area contributed by atoms with Crippen molar-refractivity contribution in [2.24, 2.45) is 0 Å². The molecule has 6 nitrogen and oxygen atoms in total. The van der Waals surface area contributed by atoms with Gasteiger partial charge in [0.15, 0.2) is 12.7 Å². The van der Waals surface area contributed by atoms with Crippen LogP contribution in [0.5, 0.6) is 11.5 Å². The summed E-state index contributed by atoms with van der Waals surface area (Å²) in [4.78, 5) is 24.1. The first-order valence-electron chi connectivity index (χ1n) is 9.41. The van der Waals surface area contributed by atoms with Crippen LogP contribution in [0, 0.1) is 0 Å². The van der Waals surface area contributed by atoms with Crippen molar-refractivity contribution in [2.75, 3.05) is 6.61 Å². The van der Waals surface area contributed by atoms with Crippen LogP contribution in [0.4, 0.5) is 0 Å². The van der Waals surface area contributed by atoms with Gasteiger partial charge in [-0.05, 0) is 64.3 Å². The van der Waals surface area contributed by atoms with Gasteiger partial charge < -0.3 is 9.47 Å². The summed E-state index contributed by atoms with van der Waals surface area (Å²) in [7, 11) is 0. The molecule has 1 unspecified atom stereocenters. The molecule has 0 bridgehead atoms. The van der Waals surface area contributed by atoms with Crippen molar-refractivity contribution < 1.29 is 19.1 Å². The maximum absolute atomic E-state index is 12.2. The molecule has 0 saturated carbocycles. The highest BCUT2D eigenvalue weighted by atomic mass is 79.9. The Morgan fingerprint density at radius 3 is 2.32 bits per heavy atom. The molecule has 0 aliphatic rings. The van der Waals surface area contributed by atoms with Crippen molar-refractivity contribution in [2.45, 2.75) is 13.0 Å². The van der Waals surface area contributed by atoms with Gasteiger partial charge in [0.2, 0.25) is 0 Å². The van der Waals surface area contributed by atoms with E-state index in [1.165, 1.54) is 0 Å². The Morgan fingerprint density at radius 2 is 1.65 bits per heavy atom. The highest BCUT2D eigenvalue weighted by Gasteiger charge is 2.16. The normalized spacial score (nSPS) is 11.3. The van der Waals surface area contributed by atoms with Crippen LogP contribution in [-0.4, -0.2) is 24.5 Å². The van der Waals surface area contributed by atoms with Crippen LogP contribution in [0.3, 0.4) is 0 Å². The lowest BCUT2D eigenvalue weighted by Crippen LogP contribution is -2.48. The third kappa shape index (κ3) is 6.73. The van der Waals surface area contributed by atoms with E-state index >= 15 is 0 Å². The SMILES string of the molecule is CC(Oc1ccc(-c2ccccc2)cc1)C(=O)NNC(=O)COc1ccc(Cl)cc1Br. The van der Waals surface area contributed by atoms with E-state index in [4.69, 9.17) is 21.1 Å². The van der Waals surface area contributed by atoms with E-state index in [1.807, 2.05) is 42.5 Å². The van der Waals surface area contributed by atoms with Gasteiger partial charge in [-0.2, -0.15) is 0 Å².